The van der Waals surface area contributed by atoms with Crippen LogP contribution in [0.25, 0.3) is 0 Å². The quantitative estimate of drug-likeness (QED) is 0.556. The first-order chi connectivity index (χ1) is 5.54. The van der Waals surface area contributed by atoms with Crippen molar-refractivity contribution in [1.82, 2.24) is 4.90 Å². The Morgan fingerprint density at radius 2 is 2.00 bits per heavy atom. The molecule has 72 valence electrons. The molecule has 1 rings (SSSR count). The molecule has 0 saturated carbocycles. The summed E-state index contributed by atoms with van der Waals surface area (Å²) >= 11 is 0. The van der Waals surface area contributed by atoms with E-state index in [0.717, 1.165) is 13.1 Å². The third kappa shape index (κ3) is 4.66. The Hall–Kier alpha value is 1.45. The summed E-state index contributed by atoms with van der Waals surface area (Å²) in [4.78, 5) is 1.88. The molecule has 1 aliphatic heterocycles. The van der Waals surface area contributed by atoms with Crippen molar-refractivity contribution in [2.45, 2.75) is 25.6 Å². The normalized spacial score (nSPS) is 25.4. The van der Waals surface area contributed by atoms with Crippen LogP contribution in [-0.4, -0.2) is 31.5 Å². The van der Waals surface area contributed by atoms with Gasteiger partial charge in [-0.2, -0.15) is 0 Å². The number of nitrogens with zero attached hydrogens (tertiary/aromatic N) is 1. The van der Waals surface area contributed by atoms with Gasteiger partial charge in [0, 0.05) is 0 Å². The Kier molecular flexibility index (Phi) is 6.81. The zero-order valence-corrected chi connectivity index (χ0v) is 11.4. The molecule has 0 N–H and O–H groups in total. The van der Waals surface area contributed by atoms with E-state index >= 15 is 0 Å². The van der Waals surface area contributed by atoms with Gasteiger partial charge >= 0.3 is 58.4 Å². The van der Waals surface area contributed by atoms with Crippen LogP contribution < -0.4 is 51.4 Å². The molecule has 1 atom stereocenters. The fraction of sp³-hybridized carbons (Fsp3) is 1.00. The SMILES string of the molecule is CCN1CCCC([B-](F)(F)F)C1.[K+]. The van der Waals surface area contributed by atoms with Crippen LogP contribution in [0.1, 0.15) is 19.8 Å². The fourth-order valence-corrected chi connectivity index (χ4v) is 1.69. The molecule has 1 aliphatic rings. The maximum Gasteiger partial charge on any atom is 1.00 e. The van der Waals surface area contributed by atoms with E-state index in [9.17, 15) is 12.9 Å². The van der Waals surface area contributed by atoms with Crippen LogP contribution in [0, 0.1) is 0 Å². The molecule has 1 saturated heterocycles. The van der Waals surface area contributed by atoms with E-state index in [1.54, 1.807) is 0 Å². The summed E-state index contributed by atoms with van der Waals surface area (Å²) in [6.45, 7) is -0.904. The van der Waals surface area contributed by atoms with E-state index in [4.69, 9.17) is 0 Å². The van der Waals surface area contributed by atoms with Crippen LogP contribution in [-0.2, 0) is 0 Å². The average molecular weight is 219 g/mol. The molecule has 0 aromatic carbocycles. The smallest absolute Gasteiger partial charge is 0.449 e. The molecule has 0 bridgehead atoms. The number of halogens is 3. The first-order valence-electron chi connectivity index (χ1n) is 4.46. The van der Waals surface area contributed by atoms with Crippen molar-refractivity contribution in [3.05, 3.63) is 0 Å². The minimum atomic E-state index is -4.61. The molecular formula is C7H14BF3KN. The molecule has 1 fully saturated rings. The summed E-state index contributed by atoms with van der Waals surface area (Å²) in [5.74, 6) is -1.03. The van der Waals surface area contributed by atoms with Crippen LogP contribution in [0.3, 0.4) is 0 Å². The van der Waals surface area contributed by atoms with Crippen molar-refractivity contribution in [2.24, 2.45) is 0 Å². The molecule has 1 unspecified atom stereocenters. The van der Waals surface area contributed by atoms with Gasteiger partial charge in [0.15, 0.2) is 0 Å². The first kappa shape index (κ1) is 14.5. The van der Waals surface area contributed by atoms with E-state index in [2.05, 4.69) is 0 Å². The molecule has 0 aromatic rings. The number of rotatable bonds is 2. The van der Waals surface area contributed by atoms with Gasteiger partial charge in [-0.3, -0.25) is 0 Å². The van der Waals surface area contributed by atoms with Crippen molar-refractivity contribution in [1.29, 1.82) is 0 Å². The number of hydrogen-bond donors (Lipinski definition) is 0. The van der Waals surface area contributed by atoms with E-state index in [0.29, 0.717) is 12.8 Å². The maximum absolute atomic E-state index is 12.3. The van der Waals surface area contributed by atoms with Gasteiger partial charge in [-0.25, -0.2) is 0 Å². The number of hydrogen-bond acceptors (Lipinski definition) is 1. The average Bonchev–Trinajstić information content (AvgIpc) is 2.03. The van der Waals surface area contributed by atoms with E-state index in [1.165, 1.54) is 0 Å². The predicted molar refractivity (Wildman–Crippen MR) is 44.2 cm³/mol. The van der Waals surface area contributed by atoms with Crippen molar-refractivity contribution < 1.29 is 64.3 Å². The number of piperidine rings is 1. The van der Waals surface area contributed by atoms with Gasteiger partial charge in [0.2, 0.25) is 0 Å². The summed E-state index contributed by atoms with van der Waals surface area (Å²) in [6.07, 6.45) is 1.03. The van der Waals surface area contributed by atoms with Gasteiger partial charge in [-0.1, -0.05) is 19.2 Å². The molecule has 0 aromatic heterocycles. The van der Waals surface area contributed by atoms with Gasteiger partial charge in [0.1, 0.15) is 0 Å². The molecule has 1 nitrogen and oxygen atoms in total. The van der Waals surface area contributed by atoms with E-state index < -0.39 is 12.8 Å². The van der Waals surface area contributed by atoms with Gasteiger partial charge in [0.05, 0.1) is 0 Å². The summed E-state index contributed by atoms with van der Waals surface area (Å²) in [7, 11) is 0. The van der Waals surface area contributed by atoms with Crippen molar-refractivity contribution >= 4 is 6.98 Å². The van der Waals surface area contributed by atoms with Crippen molar-refractivity contribution in [2.75, 3.05) is 19.6 Å². The topological polar surface area (TPSA) is 3.24 Å². The zero-order chi connectivity index (χ0) is 9.19. The minimum absolute atomic E-state index is 0. The first-order valence-corrected chi connectivity index (χ1v) is 4.46. The minimum Gasteiger partial charge on any atom is -0.449 e. The zero-order valence-electron chi connectivity index (χ0n) is 8.27. The molecule has 13 heavy (non-hydrogen) atoms. The molecule has 0 amide bonds. The Bertz CT molecular complexity index is 153. The third-order valence-electron chi connectivity index (χ3n) is 2.52. The summed E-state index contributed by atoms with van der Waals surface area (Å²) in [5, 5.41) is 0. The second-order valence-electron chi connectivity index (χ2n) is 3.42. The van der Waals surface area contributed by atoms with Gasteiger partial charge < -0.3 is 17.8 Å². The molecule has 0 spiro atoms. The Morgan fingerprint density at radius 3 is 2.46 bits per heavy atom. The van der Waals surface area contributed by atoms with Gasteiger partial charge in [0.25, 0.3) is 0 Å². The third-order valence-corrected chi connectivity index (χ3v) is 2.52. The van der Waals surface area contributed by atoms with Crippen molar-refractivity contribution in [3.63, 3.8) is 0 Å². The summed E-state index contributed by atoms with van der Waals surface area (Å²) in [6, 6.07) is 0. The van der Waals surface area contributed by atoms with Crippen LogP contribution in [0.4, 0.5) is 12.9 Å². The van der Waals surface area contributed by atoms with Crippen LogP contribution in [0.2, 0.25) is 5.82 Å². The Labute approximate surface area is 120 Å². The second-order valence-corrected chi connectivity index (χ2v) is 3.42. The van der Waals surface area contributed by atoms with Crippen molar-refractivity contribution in [3.8, 4) is 0 Å². The maximum atomic E-state index is 12.3. The monoisotopic (exact) mass is 219 g/mol. The number of likely N-dealkylation sites (tertiary alicyclic amines) is 1. The van der Waals surface area contributed by atoms with Crippen LogP contribution >= 0.6 is 0 Å². The molecule has 0 aliphatic carbocycles. The van der Waals surface area contributed by atoms with E-state index in [-0.39, 0.29) is 57.9 Å². The standard InChI is InChI=1S/C7H14BF3N.K/c1-2-12-5-3-4-7(6-12)8(9,10)11;/h7H,2-6H2,1H3;/q-1;+1. The molecule has 1 heterocycles. The van der Waals surface area contributed by atoms with Gasteiger partial charge in [-0.15, -0.1) is 0 Å². The molecular weight excluding hydrogens is 205 g/mol. The van der Waals surface area contributed by atoms with Gasteiger partial charge in [-0.05, 0) is 26.1 Å². The molecule has 0 radical (unpaired) electrons. The Balaban J connectivity index is 0.00000144. The summed E-state index contributed by atoms with van der Waals surface area (Å²) < 4.78 is 36.9. The van der Waals surface area contributed by atoms with Crippen LogP contribution in [0.5, 0.6) is 0 Å². The molecule has 6 heteroatoms. The second kappa shape index (κ2) is 6.13. The van der Waals surface area contributed by atoms with E-state index in [1.807, 2.05) is 11.8 Å². The predicted octanol–water partition coefficient (Wildman–Crippen LogP) is -0.676. The fourth-order valence-electron chi connectivity index (χ4n) is 1.69. The largest absolute Gasteiger partial charge is 1.00 e. The van der Waals surface area contributed by atoms with Crippen LogP contribution in [0.15, 0.2) is 0 Å². The Morgan fingerprint density at radius 1 is 1.38 bits per heavy atom. The summed E-state index contributed by atoms with van der Waals surface area (Å²) in [5.41, 5.74) is 0.